The Hall–Kier alpha value is -2.20. The number of hydrogen-bond donors (Lipinski definition) is 1. The van der Waals surface area contributed by atoms with Gasteiger partial charge in [-0.2, -0.15) is 0 Å². The fraction of sp³-hybridized carbons (Fsp3) is 0.125. The van der Waals surface area contributed by atoms with Gasteiger partial charge in [0, 0.05) is 0 Å². The number of H-pyrrole nitrogens is 1. The summed E-state index contributed by atoms with van der Waals surface area (Å²) in [4.78, 5) is 15.9. The quantitative estimate of drug-likeness (QED) is 0.692. The first-order chi connectivity index (χ1) is 9.59. The summed E-state index contributed by atoms with van der Waals surface area (Å²) in [5.41, 5.74) is 3.72. The zero-order valence-corrected chi connectivity index (χ0v) is 12.1. The average molecular weight is 282 g/mol. The van der Waals surface area contributed by atoms with E-state index in [1.807, 2.05) is 56.3 Å². The molecule has 0 radical (unpaired) electrons. The number of rotatable bonds is 1. The van der Waals surface area contributed by atoms with Crippen LogP contribution in [0.25, 0.3) is 16.6 Å². The third-order valence-corrected chi connectivity index (χ3v) is 3.90. The Bertz CT molecular complexity index is 907. The molecule has 100 valence electrons. The van der Waals surface area contributed by atoms with Gasteiger partial charge in [0.05, 0.1) is 16.6 Å². The summed E-state index contributed by atoms with van der Waals surface area (Å²) in [5.74, 6) is 0. The number of aromatic nitrogens is 2. The summed E-state index contributed by atoms with van der Waals surface area (Å²) in [6.07, 6.45) is 0. The van der Waals surface area contributed by atoms with E-state index < -0.39 is 0 Å². The van der Waals surface area contributed by atoms with Crippen LogP contribution in [-0.4, -0.2) is 9.55 Å². The molecule has 3 rings (SSSR count). The summed E-state index contributed by atoms with van der Waals surface area (Å²) in [6.45, 7) is 4.02. The fourth-order valence-electron chi connectivity index (χ4n) is 2.34. The van der Waals surface area contributed by atoms with E-state index in [1.54, 1.807) is 0 Å². The van der Waals surface area contributed by atoms with Crippen molar-refractivity contribution in [2.45, 2.75) is 13.8 Å². The highest BCUT2D eigenvalue weighted by Crippen LogP contribution is 2.17. The van der Waals surface area contributed by atoms with Gasteiger partial charge in [0.2, 0.25) is 0 Å². The van der Waals surface area contributed by atoms with E-state index in [1.165, 1.54) is 4.57 Å². The van der Waals surface area contributed by atoms with Crippen LogP contribution in [-0.2, 0) is 0 Å². The van der Waals surface area contributed by atoms with E-state index in [4.69, 9.17) is 12.2 Å². The van der Waals surface area contributed by atoms with Crippen molar-refractivity contribution in [1.29, 1.82) is 0 Å². The van der Waals surface area contributed by atoms with Crippen LogP contribution < -0.4 is 5.56 Å². The van der Waals surface area contributed by atoms with Gasteiger partial charge in [0.1, 0.15) is 0 Å². The lowest BCUT2D eigenvalue weighted by atomic mass is 10.1. The molecule has 0 unspecified atom stereocenters. The second kappa shape index (κ2) is 4.72. The molecule has 3 aromatic rings. The van der Waals surface area contributed by atoms with Crippen LogP contribution in [0.1, 0.15) is 11.1 Å². The van der Waals surface area contributed by atoms with Crippen LogP contribution in [0.5, 0.6) is 0 Å². The van der Waals surface area contributed by atoms with Gasteiger partial charge in [0.15, 0.2) is 4.77 Å². The number of para-hydroxylation sites is 1. The molecule has 0 amide bonds. The summed E-state index contributed by atoms with van der Waals surface area (Å²) >= 11 is 5.36. The predicted molar refractivity (Wildman–Crippen MR) is 84.2 cm³/mol. The molecule has 1 N–H and O–H groups in total. The van der Waals surface area contributed by atoms with E-state index in [-0.39, 0.29) is 5.56 Å². The standard InChI is InChI=1S/C16H14N2OS/c1-10-8-9-13-14(11(10)2)17-16(20)18(15(13)19)12-6-4-3-5-7-12/h3-9H,1-2H3,(H,17,20). The molecule has 1 aromatic heterocycles. The zero-order valence-electron chi connectivity index (χ0n) is 11.3. The highest BCUT2D eigenvalue weighted by Gasteiger charge is 2.09. The number of nitrogens with one attached hydrogen (secondary N) is 1. The Morgan fingerprint density at radius 1 is 1.05 bits per heavy atom. The van der Waals surface area contributed by atoms with Crippen molar-refractivity contribution in [3.05, 3.63) is 68.7 Å². The molecule has 0 aliphatic rings. The summed E-state index contributed by atoms with van der Waals surface area (Å²) < 4.78 is 1.95. The van der Waals surface area contributed by atoms with Crippen LogP contribution in [0, 0.1) is 18.6 Å². The molecule has 0 saturated carbocycles. The SMILES string of the molecule is Cc1ccc2c(=O)n(-c3ccccc3)c(=S)[nH]c2c1C. The van der Waals surface area contributed by atoms with Crippen molar-refractivity contribution in [2.75, 3.05) is 0 Å². The van der Waals surface area contributed by atoms with E-state index in [2.05, 4.69) is 4.98 Å². The Morgan fingerprint density at radius 2 is 1.75 bits per heavy atom. The maximum atomic E-state index is 12.7. The monoisotopic (exact) mass is 282 g/mol. The topological polar surface area (TPSA) is 37.8 Å². The van der Waals surface area contributed by atoms with E-state index in [9.17, 15) is 4.79 Å². The van der Waals surface area contributed by atoms with E-state index in [0.717, 1.165) is 22.3 Å². The molecular weight excluding hydrogens is 268 g/mol. The number of benzene rings is 2. The second-order valence-electron chi connectivity index (χ2n) is 4.84. The first-order valence-corrected chi connectivity index (χ1v) is 6.81. The third-order valence-electron chi connectivity index (χ3n) is 3.62. The lowest BCUT2D eigenvalue weighted by Gasteiger charge is -2.10. The van der Waals surface area contributed by atoms with Crippen LogP contribution in [0.15, 0.2) is 47.3 Å². The average Bonchev–Trinajstić information content (AvgIpc) is 2.45. The van der Waals surface area contributed by atoms with Gasteiger partial charge in [-0.25, -0.2) is 0 Å². The normalized spacial score (nSPS) is 10.9. The zero-order chi connectivity index (χ0) is 14.3. The minimum Gasteiger partial charge on any atom is -0.331 e. The predicted octanol–water partition coefficient (Wildman–Crippen LogP) is 3.67. The first-order valence-electron chi connectivity index (χ1n) is 6.40. The van der Waals surface area contributed by atoms with Crippen molar-refractivity contribution in [3.8, 4) is 5.69 Å². The lowest BCUT2D eigenvalue weighted by molar-refractivity contribution is 0.938. The maximum Gasteiger partial charge on any atom is 0.266 e. The second-order valence-corrected chi connectivity index (χ2v) is 5.22. The molecule has 0 aliphatic heterocycles. The molecule has 1 heterocycles. The highest BCUT2D eigenvalue weighted by molar-refractivity contribution is 7.71. The molecular formula is C16H14N2OS. The molecule has 0 aliphatic carbocycles. The highest BCUT2D eigenvalue weighted by atomic mass is 32.1. The van der Waals surface area contributed by atoms with Crippen molar-refractivity contribution < 1.29 is 0 Å². The Labute approximate surface area is 121 Å². The first kappa shape index (κ1) is 12.8. The van der Waals surface area contributed by atoms with Gasteiger partial charge in [-0.05, 0) is 55.4 Å². The molecule has 20 heavy (non-hydrogen) atoms. The number of aromatic amines is 1. The van der Waals surface area contributed by atoms with Crippen LogP contribution in [0.2, 0.25) is 0 Å². The van der Waals surface area contributed by atoms with Gasteiger partial charge in [0.25, 0.3) is 5.56 Å². The summed E-state index contributed by atoms with van der Waals surface area (Å²) in [6, 6.07) is 13.3. The van der Waals surface area contributed by atoms with Gasteiger partial charge in [-0.1, -0.05) is 24.3 Å². The maximum absolute atomic E-state index is 12.7. The molecule has 0 atom stereocenters. The largest absolute Gasteiger partial charge is 0.331 e. The van der Waals surface area contributed by atoms with Gasteiger partial charge in [-0.3, -0.25) is 9.36 Å². The van der Waals surface area contributed by atoms with E-state index >= 15 is 0 Å². The number of fused-ring (bicyclic) bond motifs is 1. The Morgan fingerprint density at radius 3 is 2.45 bits per heavy atom. The van der Waals surface area contributed by atoms with Gasteiger partial charge < -0.3 is 4.98 Å². The number of aryl methyl sites for hydroxylation is 2. The Kier molecular flexibility index (Phi) is 3.03. The van der Waals surface area contributed by atoms with E-state index in [0.29, 0.717) is 10.2 Å². The van der Waals surface area contributed by atoms with Crippen molar-refractivity contribution in [3.63, 3.8) is 0 Å². The summed E-state index contributed by atoms with van der Waals surface area (Å²) in [7, 11) is 0. The molecule has 2 aromatic carbocycles. The minimum atomic E-state index is -0.0851. The Balaban J connectivity index is 2.46. The van der Waals surface area contributed by atoms with Gasteiger partial charge in [-0.15, -0.1) is 0 Å². The van der Waals surface area contributed by atoms with Crippen molar-refractivity contribution in [1.82, 2.24) is 9.55 Å². The minimum absolute atomic E-state index is 0.0851. The van der Waals surface area contributed by atoms with Gasteiger partial charge >= 0.3 is 0 Å². The number of hydrogen-bond acceptors (Lipinski definition) is 2. The number of nitrogens with zero attached hydrogens (tertiary/aromatic N) is 1. The van der Waals surface area contributed by atoms with Crippen LogP contribution in [0.4, 0.5) is 0 Å². The fourth-order valence-corrected chi connectivity index (χ4v) is 2.63. The molecule has 0 saturated heterocycles. The van der Waals surface area contributed by atoms with Crippen molar-refractivity contribution >= 4 is 23.1 Å². The molecule has 0 fully saturated rings. The molecule has 3 nitrogen and oxygen atoms in total. The van der Waals surface area contributed by atoms with Crippen LogP contribution >= 0.6 is 12.2 Å². The molecule has 4 heteroatoms. The lowest BCUT2D eigenvalue weighted by Crippen LogP contribution is -2.20. The molecule has 0 bridgehead atoms. The smallest absolute Gasteiger partial charge is 0.266 e. The van der Waals surface area contributed by atoms with Crippen molar-refractivity contribution in [2.24, 2.45) is 0 Å². The van der Waals surface area contributed by atoms with Crippen LogP contribution in [0.3, 0.4) is 0 Å². The molecule has 0 spiro atoms. The summed E-state index contributed by atoms with van der Waals surface area (Å²) in [5, 5.41) is 0.658. The third kappa shape index (κ3) is 1.89.